The molecule has 29 heavy (non-hydrogen) atoms. The van der Waals surface area contributed by atoms with E-state index in [-0.39, 0.29) is 0 Å². The zero-order valence-corrected chi connectivity index (χ0v) is 17.4. The van der Waals surface area contributed by atoms with Gasteiger partial charge in [0, 0.05) is 38.0 Å². The van der Waals surface area contributed by atoms with Crippen molar-refractivity contribution in [3.63, 3.8) is 0 Å². The Bertz CT molecular complexity index is 992. The molecule has 3 heterocycles. The van der Waals surface area contributed by atoms with Crippen LogP contribution in [0.1, 0.15) is 25.2 Å². The second kappa shape index (κ2) is 7.93. The van der Waals surface area contributed by atoms with Crippen LogP contribution in [0, 0.1) is 6.92 Å². The van der Waals surface area contributed by atoms with Crippen LogP contribution in [-0.2, 0) is 15.1 Å². The molecule has 0 aliphatic carbocycles. The van der Waals surface area contributed by atoms with Gasteiger partial charge in [-0.15, -0.1) is 0 Å². The third kappa shape index (κ3) is 4.16. The quantitative estimate of drug-likeness (QED) is 0.662. The number of ether oxygens (including phenoxy) is 2. The van der Waals surface area contributed by atoms with E-state index in [2.05, 4.69) is 30.0 Å². The highest BCUT2D eigenvalue weighted by atomic mass is 16.5. The third-order valence-corrected chi connectivity index (χ3v) is 5.22. The first-order valence-corrected chi connectivity index (χ1v) is 9.87. The van der Waals surface area contributed by atoms with Gasteiger partial charge in [-0.25, -0.2) is 14.6 Å². The first kappa shape index (κ1) is 19.5. The molecule has 7 nitrogen and oxygen atoms in total. The van der Waals surface area contributed by atoms with Crippen molar-refractivity contribution in [3.8, 4) is 17.1 Å². The highest BCUT2D eigenvalue weighted by Crippen LogP contribution is 2.26. The lowest BCUT2D eigenvalue weighted by Crippen LogP contribution is -2.37. The molecule has 0 saturated carbocycles. The minimum absolute atomic E-state index is 0.608. The molecule has 0 unspecified atom stereocenters. The van der Waals surface area contributed by atoms with E-state index in [1.807, 2.05) is 38.2 Å². The minimum atomic E-state index is -0.608. The maximum atomic E-state index is 5.65. The van der Waals surface area contributed by atoms with Crippen molar-refractivity contribution in [1.82, 2.24) is 19.7 Å². The van der Waals surface area contributed by atoms with Crippen LogP contribution >= 0.6 is 0 Å². The van der Waals surface area contributed by atoms with Gasteiger partial charge in [-0.1, -0.05) is 23.8 Å². The number of aryl methyl sites for hydroxylation is 1. The van der Waals surface area contributed by atoms with Gasteiger partial charge < -0.3 is 14.4 Å². The number of nitrogens with zero attached hydrogens (tertiary/aromatic N) is 5. The maximum absolute atomic E-state index is 5.65. The van der Waals surface area contributed by atoms with Gasteiger partial charge in [-0.2, -0.15) is 5.10 Å². The van der Waals surface area contributed by atoms with Gasteiger partial charge in [0.05, 0.1) is 18.9 Å². The van der Waals surface area contributed by atoms with Crippen LogP contribution in [0.15, 0.2) is 42.6 Å². The highest BCUT2D eigenvalue weighted by Gasteiger charge is 2.26. The lowest BCUT2D eigenvalue weighted by Gasteiger charge is -2.29. The lowest BCUT2D eigenvalue weighted by molar-refractivity contribution is 0.0114. The van der Waals surface area contributed by atoms with Crippen molar-refractivity contribution in [2.45, 2.75) is 26.4 Å². The first-order chi connectivity index (χ1) is 14.0. The van der Waals surface area contributed by atoms with E-state index >= 15 is 0 Å². The topological polar surface area (TPSA) is 65.3 Å². The average molecular weight is 393 g/mol. The second-order valence-corrected chi connectivity index (χ2v) is 7.74. The minimum Gasteiger partial charge on any atom is -0.378 e. The SMILES string of the molecule is COC(C)(C)c1nc(N2CCOCC2)cc(-n2ccc(-c3cccc(C)c3)n2)n1. The lowest BCUT2D eigenvalue weighted by atomic mass is 10.1. The second-order valence-electron chi connectivity index (χ2n) is 7.74. The van der Waals surface area contributed by atoms with Gasteiger partial charge in [-0.05, 0) is 32.9 Å². The fraction of sp³-hybridized carbons (Fsp3) is 0.409. The predicted molar refractivity (Wildman–Crippen MR) is 112 cm³/mol. The Morgan fingerprint density at radius 3 is 2.52 bits per heavy atom. The molecule has 1 saturated heterocycles. The Hall–Kier alpha value is -2.77. The molecule has 1 fully saturated rings. The van der Waals surface area contributed by atoms with Gasteiger partial charge >= 0.3 is 0 Å². The zero-order chi connectivity index (χ0) is 20.4. The highest BCUT2D eigenvalue weighted by molar-refractivity contribution is 5.60. The summed E-state index contributed by atoms with van der Waals surface area (Å²) in [6, 6.07) is 12.3. The van der Waals surface area contributed by atoms with Gasteiger partial charge in [-0.3, -0.25) is 0 Å². The van der Waals surface area contributed by atoms with E-state index in [1.54, 1.807) is 11.8 Å². The third-order valence-electron chi connectivity index (χ3n) is 5.22. The number of benzene rings is 1. The van der Waals surface area contributed by atoms with Crippen molar-refractivity contribution < 1.29 is 9.47 Å². The molecule has 152 valence electrons. The van der Waals surface area contributed by atoms with Gasteiger partial charge in [0.25, 0.3) is 0 Å². The molecular weight excluding hydrogens is 366 g/mol. The van der Waals surface area contributed by atoms with E-state index in [0.717, 1.165) is 36.0 Å². The number of rotatable bonds is 5. The number of anilines is 1. The van der Waals surface area contributed by atoms with Crippen LogP contribution in [-0.4, -0.2) is 53.2 Å². The number of hydrogen-bond acceptors (Lipinski definition) is 6. The molecule has 0 N–H and O–H groups in total. The number of methoxy groups -OCH3 is 1. The molecule has 4 rings (SSSR count). The molecule has 0 amide bonds. The molecule has 2 aromatic heterocycles. The average Bonchev–Trinajstić information content (AvgIpc) is 3.24. The molecule has 1 aromatic carbocycles. The Kier molecular flexibility index (Phi) is 5.34. The largest absolute Gasteiger partial charge is 0.378 e. The van der Waals surface area contributed by atoms with Crippen molar-refractivity contribution in [3.05, 3.63) is 54.0 Å². The fourth-order valence-electron chi connectivity index (χ4n) is 3.26. The summed E-state index contributed by atoms with van der Waals surface area (Å²) in [5, 5.41) is 4.77. The fourth-order valence-corrected chi connectivity index (χ4v) is 3.26. The first-order valence-electron chi connectivity index (χ1n) is 9.87. The number of aromatic nitrogens is 4. The molecule has 7 heteroatoms. The molecular formula is C22H27N5O2. The van der Waals surface area contributed by atoms with Crippen molar-refractivity contribution in [1.29, 1.82) is 0 Å². The maximum Gasteiger partial charge on any atom is 0.164 e. The standard InChI is InChI=1S/C22H27N5O2/c1-16-6-5-7-17(14-16)18-8-9-27(25-18)20-15-19(26-10-12-29-13-11-26)23-21(24-20)22(2,3)28-4/h5-9,14-15H,10-13H2,1-4H3. The monoisotopic (exact) mass is 393 g/mol. The molecule has 3 aromatic rings. The number of hydrogen-bond donors (Lipinski definition) is 0. The van der Waals surface area contributed by atoms with Crippen LogP contribution in [0.5, 0.6) is 0 Å². The molecule has 0 atom stereocenters. The van der Waals surface area contributed by atoms with E-state index in [4.69, 9.17) is 24.5 Å². The molecule has 0 bridgehead atoms. The summed E-state index contributed by atoms with van der Waals surface area (Å²) in [4.78, 5) is 11.8. The molecule has 0 radical (unpaired) electrons. The van der Waals surface area contributed by atoms with Gasteiger partial charge in [0.15, 0.2) is 11.6 Å². The summed E-state index contributed by atoms with van der Waals surface area (Å²) in [5.41, 5.74) is 2.60. The van der Waals surface area contributed by atoms with Gasteiger partial charge in [0.1, 0.15) is 11.4 Å². The Labute approximate surface area is 171 Å². The zero-order valence-electron chi connectivity index (χ0n) is 17.4. The van der Waals surface area contributed by atoms with E-state index < -0.39 is 5.60 Å². The Morgan fingerprint density at radius 2 is 1.79 bits per heavy atom. The van der Waals surface area contributed by atoms with Crippen molar-refractivity contribution >= 4 is 5.82 Å². The smallest absolute Gasteiger partial charge is 0.164 e. The van der Waals surface area contributed by atoms with Gasteiger partial charge in [0.2, 0.25) is 0 Å². The summed E-state index contributed by atoms with van der Waals surface area (Å²) in [6.07, 6.45) is 1.94. The summed E-state index contributed by atoms with van der Waals surface area (Å²) >= 11 is 0. The molecule has 1 aliphatic heterocycles. The van der Waals surface area contributed by atoms with Crippen molar-refractivity contribution in [2.75, 3.05) is 38.3 Å². The number of morpholine rings is 1. The van der Waals surface area contributed by atoms with Crippen LogP contribution in [0.25, 0.3) is 17.1 Å². The van der Waals surface area contributed by atoms with Crippen molar-refractivity contribution in [2.24, 2.45) is 0 Å². The van der Waals surface area contributed by atoms with Crippen LogP contribution < -0.4 is 4.90 Å². The van der Waals surface area contributed by atoms with Crippen LogP contribution in [0.2, 0.25) is 0 Å². The van der Waals surface area contributed by atoms with Crippen LogP contribution in [0.3, 0.4) is 0 Å². The summed E-state index contributed by atoms with van der Waals surface area (Å²) in [6.45, 7) is 9.02. The van der Waals surface area contributed by atoms with E-state index in [0.29, 0.717) is 19.0 Å². The molecule has 0 spiro atoms. The normalized spacial score (nSPS) is 15.0. The van der Waals surface area contributed by atoms with E-state index in [1.165, 1.54) is 5.56 Å². The summed E-state index contributed by atoms with van der Waals surface area (Å²) in [5.74, 6) is 2.22. The predicted octanol–water partition coefficient (Wildman–Crippen LogP) is 3.36. The summed E-state index contributed by atoms with van der Waals surface area (Å²) in [7, 11) is 1.67. The Morgan fingerprint density at radius 1 is 1.03 bits per heavy atom. The Balaban J connectivity index is 1.75. The summed E-state index contributed by atoms with van der Waals surface area (Å²) < 4.78 is 12.9. The van der Waals surface area contributed by atoms with E-state index in [9.17, 15) is 0 Å². The molecule has 1 aliphatic rings. The van der Waals surface area contributed by atoms with Crippen LogP contribution in [0.4, 0.5) is 5.82 Å².